The van der Waals surface area contributed by atoms with Crippen LogP contribution in [-0.2, 0) is 13.0 Å². The number of rotatable bonds is 7. The molecule has 1 fully saturated rings. The minimum absolute atomic E-state index is 0.720. The number of hydrogen-bond acceptors (Lipinski definition) is 4. The molecule has 162 valence electrons. The lowest BCUT2D eigenvalue weighted by Gasteiger charge is -2.36. The van der Waals surface area contributed by atoms with Crippen molar-refractivity contribution in [1.82, 2.24) is 15.1 Å². The van der Waals surface area contributed by atoms with E-state index in [2.05, 4.69) is 15.1 Å². The molecule has 1 aliphatic rings. The van der Waals surface area contributed by atoms with Gasteiger partial charge in [0, 0.05) is 54.9 Å². The average Bonchev–Trinajstić information content (AvgIpc) is 2.76. The SMILES string of the molecule is COc1ccc(CCNC(=S)N2CCN(Cc3c(Cl)cccc3Cl)CC2)cc1OC. The summed E-state index contributed by atoms with van der Waals surface area (Å²) in [6.45, 7) is 5.11. The largest absolute Gasteiger partial charge is 0.493 e. The van der Waals surface area contributed by atoms with Gasteiger partial charge in [-0.2, -0.15) is 0 Å². The summed E-state index contributed by atoms with van der Waals surface area (Å²) < 4.78 is 10.7. The Morgan fingerprint density at radius 1 is 1.00 bits per heavy atom. The number of halogens is 2. The highest BCUT2D eigenvalue weighted by Gasteiger charge is 2.20. The summed E-state index contributed by atoms with van der Waals surface area (Å²) in [6.07, 6.45) is 0.853. The second-order valence-electron chi connectivity index (χ2n) is 7.13. The molecule has 0 atom stereocenters. The van der Waals surface area contributed by atoms with Gasteiger partial charge in [0.15, 0.2) is 16.6 Å². The Labute approximate surface area is 193 Å². The first-order valence-corrected chi connectivity index (χ1v) is 11.1. The molecule has 2 aromatic carbocycles. The van der Waals surface area contributed by atoms with Crippen molar-refractivity contribution in [2.45, 2.75) is 13.0 Å². The van der Waals surface area contributed by atoms with E-state index in [1.165, 1.54) is 5.56 Å². The molecule has 30 heavy (non-hydrogen) atoms. The smallest absolute Gasteiger partial charge is 0.169 e. The Bertz CT molecular complexity index is 853. The number of methoxy groups -OCH3 is 2. The van der Waals surface area contributed by atoms with Gasteiger partial charge in [-0.1, -0.05) is 35.3 Å². The van der Waals surface area contributed by atoms with Crippen LogP contribution in [0.3, 0.4) is 0 Å². The van der Waals surface area contributed by atoms with E-state index >= 15 is 0 Å². The number of benzene rings is 2. The van der Waals surface area contributed by atoms with E-state index in [1.807, 2.05) is 36.4 Å². The lowest BCUT2D eigenvalue weighted by Crippen LogP contribution is -2.51. The van der Waals surface area contributed by atoms with Crippen molar-refractivity contribution in [3.63, 3.8) is 0 Å². The molecule has 0 aromatic heterocycles. The summed E-state index contributed by atoms with van der Waals surface area (Å²) in [7, 11) is 3.29. The van der Waals surface area contributed by atoms with Crippen LogP contribution in [0.25, 0.3) is 0 Å². The molecule has 0 bridgehead atoms. The van der Waals surface area contributed by atoms with E-state index < -0.39 is 0 Å². The van der Waals surface area contributed by atoms with Gasteiger partial charge >= 0.3 is 0 Å². The highest BCUT2D eigenvalue weighted by Crippen LogP contribution is 2.28. The lowest BCUT2D eigenvalue weighted by atomic mass is 10.1. The van der Waals surface area contributed by atoms with Gasteiger partial charge < -0.3 is 19.7 Å². The van der Waals surface area contributed by atoms with Gasteiger partial charge in [0.25, 0.3) is 0 Å². The van der Waals surface area contributed by atoms with Gasteiger partial charge in [0.2, 0.25) is 0 Å². The molecular formula is C22H27Cl2N3O2S. The van der Waals surface area contributed by atoms with Crippen LogP contribution in [0.5, 0.6) is 11.5 Å². The van der Waals surface area contributed by atoms with Crippen LogP contribution < -0.4 is 14.8 Å². The third-order valence-electron chi connectivity index (χ3n) is 5.24. The maximum absolute atomic E-state index is 6.30. The molecule has 1 aliphatic heterocycles. The quantitative estimate of drug-likeness (QED) is 0.613. The van der Waals surface area contributed by atoms with E-state index in [4.69, 9.17) is 44.9 Å². The standard InChI is InChI=1S/C22H27Cl2N3O2S/c1-28-20-7-6-16(14-21(20)29-2)8-9-25-22(30)27-12-10-26(11-13-27)15-17-18(23)4-3-5-19(17)24/h3-7,14H,8-13,15H2,1-2H3,(H,25,30). The van der Waals surface area contributed by atoms with Crippen molar-refractivity contribution in [2.24, 2.45) is 0 Å². The predicted molar refractivity (Wildman–Crippen MR) is 127 cm³/mol. The number of nitrogens with one attached hydrogen (secondary N) is 1. The average molecular weight is 468 g/mol. The van der Waals surface area contributed by atoms with Gasteiger partial charge in [-0.05, 0) is 48.5 Å². The minimum atomic E-state index is 0.720. The molecule has 2 aromatic rings. The van der Waals surface area contributed by atoms with Crippen molar-refractivity contribution < 1.29 is 9.47 Å². The van der Waals surface area contributed by atoms with Gasteiger partial charge in [0.1, 0.15) is 0 Å². The van der Waals surface area contributed by atoms with E-state index in [9.17, 15) is 0 Å². The lowest BCUT2D eigenvalue weighted by molar-refractivity contribution is 0.174. The molecule has 0 radical (unpaired) electrons. The normalized spacial score (nSPS) is 14.5. The number of nitrogens with zero attached hydrogens (tertiary/aromatic N) is 2. The summed E-state index contributed by atoms with van der Waals surface area (Å²) in [4.78, 5) is 4.57. The fourth-order valence-electron chi connectivity index (χ4n) is 3.48. The maximum atomic E-state index is 6.30. The van der Waals surface area contributed by atoms with Crippen molar-refractivity contribution >= 4 is 40.5 Å². The van der Waals surface area contributed by atoms with Crippen LogP contribution >= 0.6 is 35.4 Å². The summed E-state index contributed by atoms with van der Waals surface area (Å²) in [6, 6.07) is 11.6. The molecular weight excluding hydrogens is 441 g/mol. The summed E-state index contributed by atoms with van der Waals surface area (Å²) in [5.41, 5.74) is 2.16. The first-order valence-electron chi connectivity index (χ1n) is 9.90. The highest BCUT2D eigenvalue weighted by atomic mass is 35.5. The fourth-order valence-corrected chi connectivity index (χ4v) is 4.28. The van der Waals surface area contributed by atoms with Crippen molar-refractivity contribution in [3.05, 3.63) is 57.6 Å². The Morgan fingerprint density at radius 3 is 2.30 bits per heavy atom. The van der Waals surface area contributed by atoms with Gasteiger partial charge in [0.05, 0.1) is 14.2 Å². The van der Waals surface area contributed by atoms with Crippen LogP contribution in [0.2, 0.25) is 10.0 Å². The monoisotopic (exact) mass is 467 g/mol. The van der Waals surface area contributed by atoms with Crippen molar-refractivity contribution in [1.29, 1.82) is 0 Å². The highest BCUT2D eigenvalue weighted by molar-refractivity contribution is 7.80. The zero-order valence-corrected chi connectivity index (χ0v) is 19.6. The minimum Gasteiger partial charge on any atom is -0.493 e. The number of thiocarbonyl (C=S) groups is 1. The van der Waals surface area contributed by atoms with Crippen molar-refractivity contribution in [2.75, 3.05) is 46.9 Å². The van der Waals surface area contributed by atoms with Gasteiger partial charge in [-0.25, -0.2) is 0 Å². The second kappa shape index (κ2) is 11.0. The van der Waals surface area contributed by atoms with E-state index in [1.54, 1.807) is 14.2 Å². The van der Waals surface area contributed by atoms with Gasteiger partial charge in [-0.3, -0.25) is 4.90 Å². The predicted octanol–water partition coefficient (Wildman–Crippen LogP) is 4.25. The number of piperazine rings is 1. The molecule has 0 aliphatic carbocycles. The molecule has 1 heterocycles. The van der Waals surface area contributed by atoms with E-state index in [-0.39, 0.29) is 0 Å². The molecule has 0 unspecified atom stereocenters. The topological polar surface area (TPSA) is 37.0 Å². The molecule has 1 N–H and O–H groups in total. The zero-order chi connectivity index (χ0) is 21.5. The fraction of sp³-hybridized carbons (Fsp3) is 0.409. The third kappa shape index (κ3) is 5.91. The molecule has 0 saturated carbocycles. The molecule has 5 nitrogen and oxygen atoms in total. The van der Waals surface area contributed by atoms with Crippen LogP contribution in [0.1, 0.15) is 11.1 Å². The molecule has 0 spiro atoms. The summed E-state index contributed by atoms with van der Waals surface area (Å²) >= 11 is 18.2. The molecule has 0 amide bonds. The first kappa shape index (κ1) is 22.9. The Balaban J connectivity index is 1.43. The third-order valence-corrected chi connectivity index (χ3v) is 6.35. The van der Waals surface area contributed by atoms with Crippen LogP contribution in [0.4, 0.5) is 0 Å². The van der Waals surface area contributed by atoms with Crippen LogP contribution in [0.15, 0.2) is 36.4 Å². The molecule has 3 rings (SSSR count). The second-order valence-corrected chi connectivity index (χ2v) is 8.34. The number of ether oxygens (including phenoxy) is 2. The first-order chi connectivity index (χ1) is 14.5. The van der Waals surface area contributed by atoms with Crippen molar-refractivity contribution in [3.8, 4) is 11.5 Å². The van der Waals surface area contributed by atoms with E-state index in [0.717, 1.165) is 77.9 Å². The molecule has 8 heteroatoms. The van der Waals surface area contributed by atoms with Crippen LogP contribution in [0, 0.1) is 0 Å². The van der Waals surface area contributed by atoms with Crippen LogP contribution in [-0.4, -0.2) is 61.9 Å². The summed E-state index contributed by atoms with van der Waals surface area (Å²) in [5, 5.41) is 5.61. The summed E-state index contributed by atoms with van der Waals surface area (Å²) in [5.74, 6) is 1.48. The maximum Gasteiger partial charge on any atom is 0.169 e. The Morgan fingerprint density at radius 2 is 1.67 bits per heavy atom. The van der Waals surface area contributed by atoms with E-state index in [0.29, 0.717) is 0 Å². The Hall–Kier alpha value is -1.73. The molecule has 1 saturated heterocycles. The number of hydrogen-bond donors (Lipinski definition) is 1. The van der Waals surface area contributed by atoms with Gasteiger partial charge in [-0.15, -0.1) is 0 Å². The Kier molecular flexibility index (Phi) is 8.45. The zero-order valence-electron chi connectivity index (χ0n) is 17.3.